The van der Waals surface area contributed by atoms with Gasteiger partial charge in [0.25, 0.3) is 0 Å². The molecule has 11 atom stereocenters. The van der Waals surface area contributed by atoms with Crippen molar-refractivity contribution in [2.24, 2.45) is 50.2 Å². The van der Waals surface area contributed by atoms with E-state index in [1.807, 2.05) is 0 Å². The Bertz CT molecular complexity index is 942. The minimum Gasteiger partial charge on any atom is -0.393 e. The Morgan fingerprint density at radius 3 is 2.39 bits per heavy atom. The summed E-state index contributed by atoms with van der Waals surface area (Å²) in [6.45, 7) is 18.0. The SMILES string of the molecule is CCOC1OCC23CCC1(C)CC2C1=CCC2C4(C)CCC(O)C(C)(C)C4CCC2(C)C1(C)CC3O. The van der Waals surface area contributed by atoms with E-state index < -0.39 is 0 Å². The number of hydrogen-bond acceptors (Lipinski definition) is 4. The summed E-state index contributed by atoms with van der Waals surface area (Å²) in [6, 6.07) is 0. The molecule has 11 unspecified atom stereocenters. The van der Waals surface area contributed by atoms with Gasteiger partial charge in [-0.2, -0.15) is 0 Å². The first-order chi connectivity index (χ1) is 16.8. The highest BCUT2D eigenvalue weighted by molar-refractivity contribution is 5.35. The lowest BCUT2D eigenvalue weighted by Crippen LogP contribution is -2.66. The van der Waals surface area contributed by atoms with E-state index >= 15 is 0 Å². The van der Waals surface area contributed by atoms with Crippen molar-refractivity contribution < 1.29 is 19.7 Å². The monoisotopic (exact) mass is 500 g/mol. The molecule has 0 aromatic carbocycles. The summed E-state index contributed by atoms with van der Waals surface area (Å²) < 4.78 is 12.7. The summed E-state index contributed by atoms with van der Waals surface area (Å²) in [5.74, 6) is 1.53. The van der Waals surface area contributed by atoms with Gasteiger partial charge in [0.15, 0.2) is 6.29 Å². The second-order valence-electron chi connectivity index (χ2n) is 15.6. The highest BCUT2D eigenvalue weighted by Crippen LogP contribution is 2.76. The van der Waals surface area contributed by atoms with Gasteiger partial charge in [0.2, 0.25) is 0 Å². The van der Waals surface area contributed by atoms with E-state index in [2.05, 4.69) is 54.5 Å². The zero-order valence-electron chi connectivity index (χ0n) is 24.0. The van der Waals surface area contributed by atoms with Gasteiger partial charge >= 0.3 is 0 Å². The largest absolute Gasteiger partial charge is 0.393 e. The maximum Gasteiger partial charge on any atom is 0.162 e. The van der Waals surface area contributed by atoms with E-state index in [1.54, 1.807) is 5.57 Å². The average molecular weight is 501 g/mol. The molecule has 0 amide bonds. The molecule has 2 N–H and O–H groups in total. The molecule has 2 aliphatic heterocycles. The fourth-order valence-electron chi connectivity index (χ4n) is 11.6. The van der Waals surface area contributed by atoms with Crippen LogP contribution in [-0.2, 0) is 9.47 Å². The van der Waals surface area contributed by atoms with Crippen LogP contribution in [0.1, 0.15) is 106 Å². The Hall–Kier alpha value is -0.420. The molecule has 0 aromatic rings. The number of hydrogen-bond donors (Lipinski definition) is 2. The van der Waals surface area contributed by atoms with E-state index in [4.69, 9.17) is 9.47 Å². The van der Waals surface area contributed by atoms with Gasteiger partial charge in [-0.15, -0.1) is 0 Å². The standard InChI is InChI=1S/C32H52O4/c1-8-35-26-28(4)15-16-32(19-36-26)21(17-28)20-9-10-23-29(5)13-12-24(33)27(2,3)22(29)11-14-30(23,6)31(20,7)18-25(32)34/h9,21-26,33-34H,8,10-19H2,1-7H3. The summed E-state index contributed by atoms with van der Waals surface area (Å²) >= 11 is 0. The van der Waals surface area contributed by atoms with Crippen LogP contribution in [0.5, 0.6) is 0 Å². The molecule has 6 fully saturated rings. The van der Waals surface area contributed by atoms with Crippen molar-refractivity contribution in [3.8, 4) is 0 Å². The van der Waals surface area contributed by atoms with Crippen molar-refractivity contribution in [3.63, 3.8) is 0 Å². The molecule has 0 aromatic heterocycles. The molecule has 4 heteroatoms. The molecular formula is C32H52O4. The summed E-state index contributed by atoms with van der Waals surface area (Å²) in [5.41, 5.74) is 1.85. The van der Waals surface area contributed by atoms with Gasteiger partial charge in [-0.3, -0.25) is 0 Å². The molecule has 0 radical (unpaired) electrons. The van der Waals surface area contributed by atoms with Gasteiger partial charge in [0.05, 0.1) is 18.8 Å². The number of aliphatic hydroxyl groups excluding tert-OH is 2. The minimum absolute atomic E-state index is 0.00138. The normalized spacial score (nSPS) is 57.5. The first-order valence-corrected chi connectivity index (χ1v) is 15.1. The van der Waals surface area contributed by atoms with E-state index in [0.29, 0.717) is 31.0 Å². The Kier molecular flexibility index (Phi) is 5.62. The third-order valence-corrected chi connectivity index (χ3v) is 14.1. The number of ether oxygens (including phenoxy) is 2. The Balaban J connectivity index is 1.43. The van der Waals surface area contributed by atoms with Crippen LogP contribution in [-0.4, -0.2) is 41.9 Å². The third kappa shape index (κ3) is 2.97. The highest BCUT2D eigenvalue weighted by atomic mass is 16.7. The van der Waals surface area contributed by atoms with Crippen molar-refractivity contribution in [1.29, 1.82) is 0 Å². The Morgan fingerprint density at radius 1 is 0.917 bits per heavy atom. The van der Waals surface area contributed by atoms with Crippen LogP contribution < -0.4 is 0 Å². The van der Waals surface area contributed by atoms with Crippen LogP contribution >= 0.6 is 0 Å². The van der Waals surface area contributed by atoms with Gasteiger partial charge < -0.3 is 19.7 Å². The minimum atomic E-state index is -0.333. The molecule has 204 valence electrons. The fourth-order valence-corrected chi connectivity index (χ4v) is 11.6. The molecule has 2 heterocycles. The van der Waals surface area contributed by atoms with Crippen LogP contribution in [0.4, 0.5) is 0 Å². The first kappa shape index (κ1) is 25.8. The van der Waals surface area contributed by atoms with E-state index in [1.165, 1.54) is 12.8 Å². The van der Waals surface area contributed by atoms with E-state index in [-0.39, 0.29) is 51.0 Å². The zero-order valence-corrected chi connectivity index (χ0v) is 24.0. The lowest BCUT2D eigenvalue weighted by molar-refractivity contribution is -0.216. The highest BCUT2D eigenvalue weighted by Gasteiger charge is 2.71. The third-order valence-electron chi connectivity index (χ3n) is 14.1. The van der Waals surface area contributed by atoms with Crippen LogP contribution in [0.15, 0.2) is 11.6 Å². The van der Waals surface area contributed by atoms with Crippen LogP contribution in [0, 0.1) is 50.2 Å². The summed E-state index contributed by atoms with van der Waals surface area (Å²) in [4.78, 5) is 0. The quantitative estimate of drug-likeness (QED) is 0.425. The maximum atomic E-state index is 12.0. The van der Waals surface area contributed by atoms with Gasteiger partial charge in [0, 0.05) is 17.4 Å². The second kappa shape index (κ2) is 7.83. The Morgan fingerprint density at radius 2 is 1.67 bits per heavy atom. The lowest BCUT2D eigenvalue weighted by atomic mass is 9.33. The molecule has 7 aliphatic rings. The average Bonchev–Trinajstić information content (AvgIpc) is 3.02. The van der Waals surface area contributed by atoms with Crippen molar-refractivity contribution in [2.75, 3.05) is 13.2 Å². The van der Waals surface area contributed by atoms with Gasteiger partial charge in [-0.1, -0.05) is 53.2 Å². The molecule has 36 heavy (non-hydrogen) atoms. The summed E-state index contributed by atoms with van der Waals surface area (Å²) in [7, 11) is 0. The number of rotatable bonds is 2. The zero-order chi connectivity index (χ0) is 25.9. The fraction of sp³-hybridized carbons (Fsp3) is 0.938. The summed E-state index contributed by atoms with van der Waals surface area (Å²) in [6.07, 6.45) is 11.6. The van der Waals surface area contributed by atoms with Crippen molar-refractivity contribution in [2.45, 2.75) is 125 Å². The molecule has 2 bridgehead atoms. The van der Waals surface area contributed by atoms with Crippen molar-refractivity contribution in [1.82, 2.24) is 0 Å². The lowest BCUT2D eigenvalue weighted by Gasteiger charge is -2.71. The summed E-state index contributed by atoms with van der Waals surface area (Å²) in [5, 5.41) is 23.0. The molecule has 4 saturated carbocycles. The van der Waals surface area contributed by atoms with Crippen molar-refractivity contribution in [3.05, 3.63) is 11.6 Å². The predicted octanol–water partition coefficient (Wildman–Crippen LogP) is 6.49. The smallest absolute Gasteiger partial charge is 0.162 e. The maximum absolute atomic E-state index is 12.0. The topological polar surface area (TPSA) is 58.9 Å². The number of aliphatic hydroxyl groups is 2. The molecule has 4 nitrogen and oxygen atoms in total. The van der Waals surface area contributed by atoms with Crippen molar-refractivity contribution >= 4 is 0 Å². The first-order valence-electron chi connectivity index (χ1n) is 15.1. The predicted molar refractivity (Wildman–Crippen MR) is 142 cm³/mol. The van der Waals surface area contributed by atoms with Gasteiger partial charge in [-0.05, 0) is 104 Å². The van der Waals surface area contributed by atoms with Gasteiger partial charge in [0.1, 0.15) is 0 Å². The second-order valence-corrected chi connectivity index (χ2v) is 15.6. The van der Waals surface area contributed by atoms with Crippen LogP contribution in [0.25, 0.3) is 0 Å². The van der Waals surface area contributed by atoms with Crippen LogP contribution in [0.3, 0.4) is 0 Å². The van der Waals surface area contributed by atoms with E-state index in [0.717, 1.165) is 44.9 Å². The number of fused-ring (bicyclic) bond motifs is 8. The van der Waals surface area contributed by atoms with E-state index in [9.17, 15) is 10.2 Å². The number of allylic oxidation sites excluding steroid dienone is 2. The molecule has 2 saturated heterocycles. The molecule has 7 rings (SSSR count). The molecular weight excluding hydrogens is 448 g/mol. The van der Waals surface area contributed by atoms with Gasteiger partial charge in [-0.25, -0.2) is 0 Å². The molecule has 5 aliphatic carbocycles. The molecule has 1 spiro atoms. The van der Waals surface area contributed by atoms with Crippen LogP contribution in [0.2, 0.25) is 0 Å². The Labute approximate surface area is 219 Å².